The molecule has 1 fully saturated rings. The van der Waals surface area contributed by atoms with Crippen molar-refractivity contribution < 1.29 is 27.2 Å². The number of amides is 2. The van der Waals surface area contributed by atoms with Gasteiger partial charge in [-0.05, 0) is 48.4 Å². The molecule has 2 aromatic carbocycles. The smallest absolute Gasteiger partial charge is 0.416 e. The van der Waals surface area contributed by atoms with Crippen molar-refractivity contribution in [3.63, 3.8) is 0 Å². The zero-order valence-corrected chi connectivity index (χ0v) is 21.0. The first-order valence-corrected chi connectivity index (χ1v) is 12.4. The number of anilines is 1. The normalized spacial score (nSPS) is 17.5. The van der Waals surface area contributed by atoms with Gasteiger partial charge in [0.15, 0.2) is 5.17 Å². The monoisotopic (exact) mass is 540 g/mol. The third kappa shape index (κ3) is 7.22. The molecule has 0 saturated carbocycles. The van der Waals surface area contributed by atoms with Gasteiger partial charge in [0.05, 0.1) is 24.6 Å². The molecule has 3 aromatic rings. The molecular formula is C27H23F3N4O3S. The van der Waals surface area contributed by atoms with Gasteiger partial charge in [-0.3, -0.25) is 14.5 Å². The van der Waals surface area contributed by atoms with Crippen LogP contribution in [0.15, 0.2) is 93.2 Å². The van der Waals surface area contributed by atoms with Gasteiger partial charge in [0.1, 0.15) is 11.0 Å². The summed E-state index contributed by atoms with van der Waals surface area (Å²) in [4.78, 5) is 27.1. The van der Waals surface area contributed by atoms with Gasteiger partial charge in [-0.2, -0.15) is 18.3 Å². The van der Waals surface area contributed by atoms with Crippen LogP contribution in [0.3, 0.4) is 0 Å². The summed E-state index contributed by atoms with van der Waals surface area (Å²) in [6, 6.07) is 17.4. The molecule has 1 aliphatic heterocycles. The van der Waals surface area contributed by atoms with Crippen LogP contribution in [0.5, 0.6) is 0 Å². The van der Waals surface area contributed by atoms with E-state index in [0.29, 0.717) is 5.76 Å². The molecule has 38 heavy (non-hydrogen) atoms. The van der Waals surface area contributed by atoms with Crippen molar-refractivity contribution in [2.45, 2.75) is 31.3 Å². The summed E-state index contributed by atoms with van der Waals surface area (Å²) in [7, 11) is 0. The minimum absolute atomic E-state index is 0.00752. The van der Waals surface area contributed by atoms with Crippen LogP contribution in [0.1, 0.15) is 30.2 Å². The van der Waals surface area contributed by atoms with E-state index in [1.54, 1.807) is 18.3 Å². The van der Waals surface area contributed by atoms with Crippen LogP contribution in [0.2, 0.25) is 0 Å². The molecule has 0 bridgehead atoms. The molecule has 1 N–H and O–H groups in total. The number of allylic oxidation sites excluding steroid dienone is 1. The molecule has 2 heterocycles. The number of thioether (sulfide) groups is 1. The lowest BCUT2D eigenvalue weighted by atomic mass is 10.1. The fourth-order valence-electron chi connectivity index (χ4n) is 3.59. The third-order valence-corrected chi connectivity index (χ3v) is 6.52. The fraction of sp³-hybridized carbons (Fsp3) is 0.185. The molecular weight excluding hydrogens is 517 g/mol. The minimum Gasteiger partial charge on any atom is -0.467 e. The maximum Gasteiger partial charge on any atom is 0.416 e. The van der Waals surface area contributed by atoms with Crippen molar-refractivity contribution in [2.24, 2.45) is 10.2 Å². The Bertz CT molecular complexity index is 1370. The number of nitrogens with one attached hydrogen (secondary N) is 1. The second-order valence-electron chi connectivity index (χ2n) is 8.37. The maximum absolute atomic E-state index is 13.1. The highest BCUT2D eigenvalue weighted by molar-refractivity contribution is 8.15. The van der Waals surface area contributed by atoms with Crippen molar-refractivity contribution in [3.05, 3.63) is 95.5 Å². The average molecular weight is 541 g/mol. The largest absolute Gasteiger partial charge is 0.467 e. The van der Waals surface area contributed by atoms with Crippen LogP contribution in [0, 0.1) is 0 Å². The average Bonchev–Trinajstić information content (AvgIpc) is 3.49. The van der Waals surface area contributed by atoms with Crippen LogP contribution in [-0.2, 0) is 22.3 Å². The highest BCUT2D eigenvalue weighted by Gasteiger charge is 2.40. The number of hydrogen-bond donors (Lipinski definition) is 1. The molecule has 1 aromatic heterocycles. The highest BCUT2D eigenvalue weighted by atomic mass is 32.2. The molecule has 0 radical (unpaired) electrons. The second kappa shape index (κ2) is 12.0. The summed E-state index contributed by atoms with van der Waals surface area (Å²) in [5.74, 6) is -0.458. The first-order chi connectivity index (χ1) is 18.2. The summed E-state index contributed by atoms with van der Waals surface area (Å²) in [6.07, 6.45) is 0.173. The lowest BCUT2D eigenvalue weighted by molar-refractivity contribution is -0.137. The van der Waals surface area contributed by atoms with E-state index in [1.165, 1.54) is 23.3 Å². The number of rotatable bonds is 8. The topological polar surface area (TPSA) is 87.3 Å². The Hall–Kier alpha value is -4.12. The van der Waals surface area contributed by atoms with Crippen LogP contribution in [0.25, 0.3) is 6.08 Å². The Kier molecular flexibility index (Phi) is 8.47. The Morgan fingerprint density at radius 1 is 1.13 bits per heavy atom. The van der Waals surface area contributed by atoms with Gasteiger partial charge >= 0.3 is 6.18 Å². The molecule has 11 heteroatoms. The van der Waals surface area contributed by atoms with Gasteiger partial charge in [0.25, 0.3) is 0 Å². The van der Waals surface area contributed by atoms with Gasteiger partial charge in [-0.1, -0.05) is 54.2 Å². The van der Waals surface area contributed by atoms with Crippen LogP contribution < -0.4 is 5.32 Å². The standard InChI is InChI=1S/C27H23F3N4O3S/c1-18(13-19-7-3-2-4-8-19)16-31-33-26-34(17-22-11-6-12-37-22)25(36)23(38-26)15-24(35)32-21-10-5-9-20(14-21)27(28,29)30/h2-14,16,23H,15,17H2,1H3,(H,32,35)/b18-13+,31-16-,33-26+/t23-/m0/s1. The van der Waals surface area contributed by atoms with Gasteiger partial charge in [-0.15, -0.1) is 5.10 Å². The molecule has 4 rings (SSSR count). The number of furan rings is 1. The first-order valence-electron chi connectivity index (χ1n) is 11.5. The van der Waals surface area contributed by atoms with E-state index in [0.717, 1.165) is 35.0 Å². The van der Waals surface area contributed by atoms with Crippen molar-refractivity contribution in [1.82, 2.24) is 4.90 Å². The molecule has 1 atom stereocenters. The molecule has 0 aliphatic carbocycles. The first kappa shape index (κ1) is 26.9. The number of amidine groups is 1. The summed E-state index contributed by atoms with van der Waals surface area (Å²) in [6.45, 7) is 1.96. The Morgan fingerprint density at radius 2 is 1.92 bits per heavy atom. The molecule has 7 nitrogen and oxygen atoms in total. The predicted octanol–water partition coefficient (Wildman–Crippen LogP) is 6.22. The fourth-order valence-corrected chi connectivity index (χ4v) is 4.69. The summed E-state index contributed by atoms with van der Waals surface area (Å²) in [5, 5.41) is 10.2. The van der Waals surface area contributed by atoms with Crippen molar-refractivity contribution in [3.8, 4) is 0 Å². The minimum atomic E-state index is -4.54. The van der Waals surface area contributed by atoms with E-state index in [4.69, 9.17) is 4.42 Å². The number of alkyl halides is 3. The number of nitrogens with zero attached hydrogens (tertiary/aromatic N) is 3. The van der Waals surface area contributed by atoms with E-state index in [9.17, 15) is 22.8 Å². The van der Waals surface area contributed by atoms with Crippen LogP contribution >= 0.6 is 11.8 Å². The molecule has 1 aliphatic rings. The molecule has 2 amide bonds. The SMILES string of the molecule is CC(/C=N\N=C1\S[C@@H](CC(=O)Nc2cccc(C(F)(F)F)c2)C(=O)N1Cc1ccco1)=C\c1ccccc1. The summed E-state index contributed by atoms with van der Waals surface area (Å²) < 4.78 is 44.3. The Labute approximate surface area is 221 Å². The van der Waals surface area contributed by atoms with Crippen molar-refractivity contribution >= 4 is 46.7 Å². The number of halogens is 3. The van der Waals surface area contributed by atoms with E-state index in [2.05, 4.69) is 15.5 Å². The second-order valence-corrected chi connectivity index (χ2v) is 9.54. The van der Waals surface area contributed by atoms with Gasteiger partial charge in [0, 0.05) is 12.1 Å². The van der Waals surface area contributed by atoms with Crippen molar-refractivity contribution in [2.75, 3.05) is 5.32 Å². The van der Waals surface area contributed by atoms with E-state index in [1.807, 2.05) is 43.3 Å². The lowest BCUT2D eigenvalue weighted by Gasteiger charge is -2.14. The molecule has 1 saturated heterocycles. The Morgan fingerprint density at radius 3 is 2.63 bits per heavy atom. The Balaban J connectivity index is 1.47. The predicted molar refractivity (Wildman–Crippen MR) is 141 cm³/mol. The molecule has 0 spiro atoms. The van der Waals surface area contributed by atoms with E-state index >= 15 is 0 Å². The van der Waals surface area contributed by atoms with Gasteiger partial charge < -0.3 is 9.73 Å². The number of benzene rings is 2. The van der Waals surface area contributed by atoms with E-state index in [-0.39, 0.29) is 29.7 Å². The van der Waals surface area contributed by atoms with Gasteiger partial charge in [0.2, 0.25) is 11.8 Å². The van der Waals surface area contributed by atoms with Crippen LogP contribution in [0.4, 0.5) is 18.9 Å². The zero-order valence-electron chi connectivity index (χ0n) is 20.2. The summed E-state index contributed by atoms with van der Waals surface area (Å²) in [5.41, 5.74) is 0.951. The number of hydrogen-bond acceptors (Lipinski definition) is 6. The number of carbonyl (C=O) groups excluding carboxylic acids is 2. The zero-order chi connectivity index (χ0) is 27.1. The van der Waals surface area contributed by atoms with E-state index < -0.39 is 22.9 Å². The summed E-state index contributed by atoms with van der Waals surface area (Å²) >= 11 is 1.06. The van der Waals surface area contributed by atoms with Crippen molar-refractivity contribution in [1.29, 1.82) is 0 Å². The maximum atomic E-state index is 13.1. The highest BCUT2D eigenvalue weighted by Crippen LogP contribution is 2.33. The molecule has 0 unspecified atom stereocenters. The lowest BCUT2D eigenvalue weighted by Crippen LogP contribution is -2.33. The van der Waals surface area contributed by atoms with Crippen LogP contribution in [-0.4, -0.2) is 33.3 Å². The number of carbonyl (C=O) groups is 2. The quantitative estimate of drug-likeness (QED) is 0.272. The molecule has 196 valence electrons. The third-order valence-electron chi connectivity index (χ3n) is 5.36. The van der Waals surface area contributed by atoms with Gasteiger partial charge in [-0.25, -0.2) is 0 Å².